The van der Waals surface area contributed by atoms with Crippen LogP contribution in [0.1, 0.15) is 12.0 Å². The van der Waals surface area contributed by atoms with Crippen molar-refractivity contribution < 1.29 is 32.7 Å². The van der Waals surface area contributed by atoms with Gasteiger partial charge in [-0.3, -0.25) is 14.4 Å². The summed E-state index contributed by atoms with van der Waals surface area (Å²) in [7, 11) is 0. The lowest BCUT2D eigenvalue weighted by molar-refractivity contribution is -0.148. The molecule has 0 bridgehead atoms. The average molecular weight is 332 g/mol. The summed E-state index contributed by atoms with van der Waals surface area (Å²) in [5, 5.41) is 10.4. The van der Waals surface area contributed by atoms with E-state index >= 15 is 0 Å². The predicted octanol–water partition coefficient (Wildman–Crippen LogP) is 1.17. The van der Waals surface area contributed by atoms with Gasteiger partial charge < -0.3 is 15.3 Å². The first-order valence-electron chi connectivity index (χ1n) is 6.54. The highest BCUT2D eigenvalue weighted by Gasteiger charge is 2.28. The molecule has 0 aliphatic carbocycles. The maximum Gasteiger partial charge on any atom is 0.405 e. The molecule has 6 nitrogen and oxygen atoms in total. The van der Waals surface area contributed by atoms with Crippen LogP contribution in [0.25, 0.3) is 0 Å². The van der Waals surface area contributed by atoms with Crippen LogP contribution in [0.5, 0.6) is 0 Å². The molecule has 1 rings (SSSR count). The van der Waals surface area contributed by atoms with E-state index in [1.54, 1.807) is 35.6 Å². The number of nitrogens with one attached hydrogen (secondary N) is 1. The molecule has 2 amide bonds. The topological polar surface area (TPSA) is 86.7 Å². The number of carbonyl (C=O) groups is 3. The number of nitrogens with zero attached hydrogens (tertiary/aromatic N) is 1. The molecule has 23 heavy (non-hydrogen) atoms. The van der Waals surface area contributed by atoms with Crippen molar-refractivity contribution in [3.8, 4) is 0 Å². The monoisotopic (exact) mass is 332 g/mol. The number of hydrogen-bond acceptors (Lipinski definition) is 3. The number of alkyl halides is 3. The summed E-state index contributed by atoms with van der Waals surface area (Å²) in [6.45, 7) is -2.25. The molecule has 0 aliphatic heterocycles. The van der Waals surface area contributed by atoms with Gasteiger partial charge in [-0.1, -0.05) is 30.3 Å². The molecule has 126 valence electrons. The summed E-state index contributed by atoms with van der Waals surface area (Å²) in [6.07, 6.45) is -5.43. The highest BCUT2D eigenvalue weighted by molar-refractivity contribution is 5.97. The van der Waals surface area contributed by atoms with Crippen LogP contribution < -0.4 is 5.32 Å². The Morgan fingerprint density at radius 3 is 2.26 bits per heavy atom. The molecule has 0 aromatic heterocycles. The van der Waals surface area contributed by atoms with Crippen molar-refractivity contribution in [3.63, 3.8) is 0 Å². The maximum atomic E-state index is 12.0. The standard InChI is InChI=1S/C14H15F3N2O4/c15-14(16,17)9-18-11(20)6-12(21)19(8-13(22)23)7-10-4-2-1-3-5-10/h1-5H,6-9H2,(H,18,20)(H,22,23). The minimum Gasteiger partial charge on any atom is -0.480 e. The van der Waals surface area contributed by atoms with Gasteiger partial charge in [-0.2, -0.15) is 13.2 Å². The Morgan fingerprint density at radius 2 is 1.74 bits per heavy atom. The molecule has 2 N–H and O–H groups in total. The zero-order valence-corrected chi connectivity index (χ0v) is 12.0. The smallest absolute Gasteiger partial charge is 0.405 e. The van der Waals surface area contributed by atoms with Crippen molar-refractivity contribution in [3.05, 3.63) is 35.9 Å². The van der Waals surface area contributed by atoms with E-state index in [0.717, 1.165) is 4.90 Å². The lowest BCUT2D eigenvalue weighted by atomic mass is 10.2. The summed E-state index contributed by atoms with van der Waals surface area (Å²) < 4.78 is 36.0. The van der Waals surface area contributed by atoms with E-state index in [4.69, 9.17) is 5.11 Å². The van der Waals surface area contributed by atoms with Gasteiger partial charge in [0.2, 0.25) is 11.8 Å². The normalized spacial score (nSPS) is 10.9. The number of amides is 2. The number of carboxylic acids is 1. The van der Waals surface area contributed by atoms with Crippen LogP contribution in [0.2, 0.25) is 0 Å². The molecule has 0 spiro atoms. The molecular formula is C14H15F3N2O4. The minimum atomic E-state index is -4.58. The Kier molecular flexibility index (Phi) is 6.55. The first kappa shape index (κ1) is 18.5. The van der Waals surface area contributed by atoms with Gasteiger partial charge in [0.15, 0.2) is 0 Å². The summed E-state index contributed by atoms with van der Waals surface area (Å²) in [5.74, 6) is -3.27. The molecule has 9 heteroatoms. The van der Waals surface area contributed by atoms with Crippen LogP contribution in [-0.4, -0.2) is 47.1 Å². The van der Waals surface area contributed by atoms with Crippen LogP contribution in [-0.2, 0) is 20.9 Å². The molecule has 1 aromatic rings. The van der Waals surface area contributed by atoms with Gasteiger partial charge in [-0.25, -0.2) is 0 Å². The fraction of sp³-hybridized carbons (Fsp3) is 0.357. The SMILES string of the molecule is O=C(O)CN(Cc1ccccc1)C(=O)CC(=O)NCC(F)(F)F. The molecule has 0 aliphatic rings. The fourth-order valence-corrected chi connectivity index (χ4v) is 1.71. The second-order valence-corrected chi connectivity index (χ2v) is 4.70. The summed E-state index contributed by atoms with van der Waals surface area (Å²) >= 11 is 0. The first-order valence-corrected chi connectivity index (χ1v) is 6.54. The Bertz CT molecular complexity index is 561. The third-order valence-corrected chi connectivity index (χ3v) is 2.69. The van der Waals surface area contributed by atoms with E-state index in [1.807, 2.05) is 0 Å². The Balaban J connectivity index is 2.65. The van der Waals surface area contributed by atoms with Gasteiger partial charge >= 0.3 is 12.1 Å². The van der Waals surface area contributed by atoms with Crippen molar-refractivity contribution in [1.82, 2.24) is 10.2 Å². The second-order valence-electron chi connectivity index (χ2n) is 4.70. The molecule has 0 heterocycles. The van der Waals surface area contributed by atoms with Gasteiger partial charge in [0.05, 0.1) is 0 Å². The molecule has 0 saturated carbocycles. The van der Waals surface area contributed by atoms with E-state index < -0.39 is 43.5 Å². The van der Waals surface area contributed by atoms with Crippen molar-refractivity contribution >= 4 is 17.8 Å². The Morgan fingerprint density at radius 1 is 1.13 bits per heavy atom. The lowest BCUT2D eigenvalue weighted by Crippen LogP contribution is -2.40. The number of carboxylic acid groups (broad SMARTS) is 1. The number of hydrogen-bond donors (Lipinski definition) is 2. The molecule has 0 unspecified atom stereocenters. The van der Waals surface area contributed by atoms with E-state index in [0.29, 0.717) is 5.56 Å². The zero-order chi connectivity index (χ0) is 17.5. The van der Waals surface area contributed by atoms with Crippen LogP contribution in [0, 0.1) is 0 Å². The minimum absolute atomic E-state index is 0.0570. The van der Waals surface area contributed by atoms with Gasteiger partial charge in [0.25, 0.3) is 0 Å². The Hall–Kier alpha value is -2.58. The van der Waals surface area contributed by atoms with E-state index in [-0.39, 0.29) is 6.54 Å². The lowest BCUT2D eigenvalue weighted by Gasteiger charge is -2.20. The van der Waals surface area contributed by atoms with Crippen LogP contribution in [0.3, 0.4) is 0 Å². The van der Waals surface area contributed by atoms with Gasteiger partial charge in [-0.05, 0) is 5.56 Å². The summed E-state index contributed by atoms with van der Waals surface area (Å²) in [6, 6.07) is 8.43. The fourth-order valence-electron chi connectivity index (χ4n) is 1.71. The van der Waals surface area contributed by atoms with E-state index in [2.05, 4.69) is 0 Å². The van der Waals surface area contributed by atoms with Gasteiger partial charge in [0.1, 0.15) is 19.5 Å². The van der Waals surface area contributed by atoms with Crippen LogP contribution in [0.4, 0.5) is 13.2 Å². The highest BCUT2D eigenvalue weighted by Crippen LogP contribution is 2.12. The van der Waals surface area contributed by atoms with Crippen molar-refractivity contribution in [1.29, 1.82) is 0 Å². The molecule has 0 saturated heterocycles. The van der Waals surface area contributed by atoms with Crippen LogP contribution in [0.15, 0.2) is 30.3 Å². The predicted molar refractivity (Wildman–Crippen MR) is 73.2 cm³/mol. The average Bonchev–Trinajstić information content (AvgIpc) is 2.44. The summed E-state index contributed by atoms with van der Waals surface area (Å²) in [4.78, 5) is 35.0. The summed E-state index contributed by atoms with van der Waals surface area (Å²) in [5.41, 5.74) is 0.637. The Labute approximate surface area is 129 Å². The van der Waals surface area contributed by atoms with Crippen molar-refractivity contribution in [2.24, 2.45) is 0 Å². The third-order valence-electron chi connectivity index (χ3n) is 2.69. The molecular weight excluding hydrogens is 317 g/mol. The highest BCUT2D eigenvalue weighted by atomic mass is 19.4. The molecule has 0 fully saturated rings. The van der Waals surface area contributed by atoms with Crippen molar-refractivity contribution in [2.75, 3.05) is 13.1 Å². The zero-order valence-electron chi connectivity index (χ0n) is 12.0. The molecule has 0 radical (unpaired) electrons. The van der Waals surface area contributed by atoms with Crippen LogP contribution >= 0.6 is 0 Å². The van der Waals surface area contributed by atoms with E-state index in [9.17, 15) is 27.6 Å². The van der Waals surface area contributed by atoms with E-state index in [1.165, 1.54) is 0 Å². The van der Waals surface area contributed by atoms with Gasteiger partial charge in [-0.15, -0.1) is 0 Å². The molecule has 0 atom stereocenters. The number of benzene rings is 1. The van der Waals surface area contributed by atoms with Gasteiger partial charge in [0, 0.05) is 6.54 Å². The first-order chi connectivity index (χ1) is 10.7. The number of aliphatic carboxylic acids is 1. The molecule has 1 aromatic carbocycles. The number of carbonyl (C=O) groups excluding carboxylic acids is 2. The van der Waals surface area contributed by atoms with Crippen molar-refractivity contribution in [2.45, 2.75) is 19.1 Å². The number of rotatable bonds is 7. The quantitative estimate of drug-likeness (QED) is 0.734. The third kappa shape index (κ3) is 7.84. The largest absolute Gasteiger partial charge is 0.480 e. The maximum absolute atomic E-state index is 12.0. The second kappa shape index (κ2) is 8.16. The number of halogens is 3.